The first-order valence-corrected chi connectivity index (χ1v) is 24.9. The van der Waals surface area contributed by atoms with E-state index in [4.69, 9.17) is 15.0 Å². The smallest absolute Gasteiger partial charge is 0.164 e. The fourth-order valence-electron chi connectivity index (χ4n) is 10.9. The van der Waals surface area contributed by atoms with Crippen molar-refractivity contribution in [2.45, 2.75) is 0 Å². The first-order chi connectivity index (χ1) is 34.2. The summed E-state index contributed by atoms with van der Waals surface area (Å²) in [6.07, 6.45) is 0. The van der Waals surface area contributed by atoms with Crippen LogP contribution in [0.5, 0.6) is 0 Å². The number of rotatable bonds is 5. The number of hydrogen-bond acceptors (Lipinski definition) is 5. The molecule has 0 saturated heterocycles. The van der Waals surface area contributed by atoms with E-state index in [1.54, 1.807) is 0 Å². The van der Waals surface area contributed by atoms with Gasteiger partial charge in [0, 0.05) is 78.9 Å². The second-order valence-electron chi connectivity index (χ2n) is 17.9. The van der Waals surface area contributed by atoms with E-state index in [0.717, 1.165) is 39.1 Å². The third-order valence-corrected chi connectivity index (χ3v) is 16.4. The van der Waals surface area contributed by atoms with Crippen LogP contribution in [-0.2, 0) is 0 Å². The van der Waals surface area contributed by atoms with Crippen molar-refractivity contribution in [1.29, 1.82) is 0 Å². The second-order valence-corrected chi connectivity index (χ2v) is 20.0. The Bertz CT molecular complexity index is 4310. The van der Waals surface area contributed by atoms with Crippen molar-refractivity contribution in [3.8, 4) is 84.4 Å². The van der Waals surface area contributed by atoms with Crippen LogP contribution in [0.3, 0.4) is 0 Å². The van der Waals surface area contributed by atoms with Gasteiger partial charge in [-0.05, 0) is 88.0 Å². The van der Waals surface area contributed by atoms with E-state index in [0.29, 0.717) is 17.5 Å². The Morgan fingerprint density at radius 1 is 0.290 bits per heavy atom. The van der Waals surface area contributed by atoms with Crippen LogP contribution in [0.4, 0.5) is 0 Å². The minimum Gasteiger partial charge on any atom is -0.308 e. The molecule has 0 aliphatic carbocycles. The summed E-state index contributed by atoms with van der Waals surface area (Å²) in [6, 6.07) is 79.1. The summed E-state index contributed by atoms with van der Waals surface area (Å²) in [5.74, 6) is 1.87. The normalized spacial score (nSPS) is 12.1. The molecule has 1 aliphatic rings. The molecule has 0 radical (unpaired) electrons. The lowest BCUT2D eigenvalue weighted by Crippen LogP contribution is -2.02. The second kappa shape index (κ2) is 15.0. The standard InChI is InChI=1S/C63H36N4S2/c1-2-15-37(16-3-1)61-64-62(38-31-32-55-53(36-38)45-18-5-4-17-44(45)49-24-14-25-50-46-19-6-9-28-54(46)67(55)58(49)50)66-63(65-61)41-34-39(42-22-12-26-51-47-20-7-10-29-56(47)68-59(42)51)33-40(35-41)43-23-13-27-52-48-21-8-11-30-57(48)69-60(43)52/h1-36H. The van der Waals surface area contributed by atoms with Crippen molar-refractivity contribution in [2.75, 3.05) is 0 Å². The molecular weight excluding hydrogens is 877 g/mol. The number of nitrogens with zero attached hydrogens (tertiary/aromatic N) is 4. The molecule has 4 nitrogen and oxygen atoms in total. The molecule has 69 heavy (non-hydrogen) atoms. The highest BCUT2D eigenvalue weighted by molar-refractivity contribution is 7.26. The third kappa shape index (κ3) is 5.89. The Balaban J connectivity index is 0.982. The van der Waals surface area contributed by atoms with Crippen LogP contribution >= 0.6 is 22.7 Å². The summed E-state index contributed by atoms with van der Waals surface area (Å²) in [5.41, 5.74) is 15.7. The van der Waals surface area contributed by atoms with Gasteiger partial charge in [0.2, 0.25) is 0 Å². The van der Waals surface area contributed by atoms with Crippen molar-refractivity contribution < 1.29 is 0 Å². The van der Waals surface area contributed by atoms with Gasteiger partial charge in [-0.2, -0.15) is 0 Å². The molecule has 6 heteroatoms. The van der Waals surface area contributed by atoms with E-state index < -0.39 is 0 Å². The zero-order chi connectivity index (χ0) is 45.2. The van der Waals surface area contributed by atoms with Crippen molar-refractivity contribution in [1.82, 2.24) is 19.5 Å². The maximum absolute atomic E-state index is 5.49. The molecule has 14 aromatic rings. The predicted molar refractivity (Wildman–Crippen MR) is 292 cm³/mol. The highest BCUT2D eigenvalue weighted by atomic mass is 32.1. The molecule has 320 valence electrons. The molecule has 0 fully saturated rings. The highest BCUT2D eigenvalue weighted by Crippen LogP contribution is 2.48. The fraction of sp³-hybridized carbons (Fsp3) is 0. The number of para-hydroxylation sites is 2. The lowest BCUT2D eigenvalue weighted by molar-refractivity contribution is 1.07. The molecule has 0 amide bonds. The maximum Gasteiger partial charge on any atom is 0.164 e. The molecule has 10 aromatic carbocycles. The molecule has 1 aliphatic heterocycles. The summed E-state index contributed by atoms with van der Waals surface area (Å²) in [7, 11) is 0. The number of fused-ring (bicyclic) bond motifs is 14. The van der Waals surface area contributed by atoms with Gasteiger partial charge < -0.3 is 4.57 Å². The average molecular weight is 913 g/mol. The van der Waals surface area contributed by atoms with Crippen molar-refractivity contribution in [2.24, 2.45) is 0 Å². The first kappa shape index (κ1) is 38.5. The van der Waals surface area contributed by atoms with Crippen LogP contribution < -0.4 is 0 Å². The van der Waals surface area contributed by atoms with Crippen LogP contribution in [-0.4, -0.2) is 19.5 Å². The lowest BCUT2D eigenvalue weighted by atomic mass is 9.92. The SMILES string of the molecule is c1ccc(-c2nc(-c3cc(-c4cccc5c4sc4ccccc45)cc(-c4cccc5c4sc4ccccc45)c3)nc(-c3ccc4c(c3)-c3ccccc3-c3cccc5c6ccccc6n-4c35)n2)cc1. The Labute approximate surface area is 404 Å². The largest absolute Gasteiger partial charge is 0.308 e. The molecule has 0 unspecified atom stereocenters. The van der Waals surface area contributed by atoms with Gasteiger partial charge >= 0.3 is 0 Å². The van der Waals surface area contributed by atoms with Crippen molar-refractivity contribution in [3.05, 3.63) is 218 Å². The van der Waals surface area contributed by atoms with Crippen LogP contribution in [0.25, 0.3) is 147 Å². The summed E-state index contributed by atoms with van der Waals surface area (Å²) in [6.45, 7) is 0. The van der Waals surface area contributed by atoms with Gasteiger partial charge in [-0.25, -0.2) is 15.0 Å². The van der Waals surface area contributed by atoms with E-state index in [1.165, 1.54) is 90.0 Å². The first-order valence-electron chi connectivity index (χ1n) is 23.3. The molecule has 0 spiro atoms. The monoisotopic (exact) mass is 912 g/mol. The van der Waals surface area contributed by atoms with Gasteiger partial charge in [0.15, 0.2) is 17.5 Å². The number of aromatic nitrogens is 4. The van der Waals surface area contributed by atoms with Gasteiger partial charge in [0.25, 0.3) is 0 Å². The molecular formula is C63H36N4S2. The Kier molecular flexibility index (Phi) is 8.37. The quantitative estimate of drug-likeness (QED) is 0.173. The molecule has 15 rings (SSSR count). The van der Waals surface area contributed by atoms with E-state index in [-0.39, 0.29) is 0 Å². The minimum absolute atomic E-state index is 0.619. The van der Waals surface area contributed by atoms with Crippen LogP contribution in [0.15, 0.2) is 218 Å². The van der Waals surface area contributed by atoms with E-state index >= 15 is 0 Å². The molecule has 0 saturated carbocycles. The average Bonchev–Trinajstić information content (AvgIpc) is 4.08. The highest BCUT2D eigenvalue weighted by Gasteiger charge is 2.26. The Hall–Kier alpha value is -8.55. The topological polar surface area (TPSA) is 43.6 Å². The Morgan fingerprint density at radius 2 is 0.768 bits per heavy atom. The summed E-state index contributed by atoms with van der Waals surface area (Å²) < 4.78 is 7.55. The number of benzene rings is 10. The minimum atomic E-state index is 0.619. The molecule has 0 atom stereocenters. The summed E-state index contributed by atoms with van der Waals surface area (Å²) in [5, 5.41) is 7.58. The van der Waals surface area contributed by atoms with E-state index in [9.17, 15) is 0 Å². The Morgan fingerprint density at radius 3 is 1.43 bits per heavy atom. The molecule has 4 aromatic heterocycles. The predicted octanol–water partition coefficient (Wildman–Crippen LogP) is 17.7. The van der Waals surface area contributed by atoms with Gasteiger partial charge in [0.1, 0.15) is 0 Å². The lowest BCUT2D eigenvalue weighted by Gasteiger charge is -2.15. The van der Waals surface area contributed by atoms with E-state index in [2.05, 4.69) is 205 Å². The third-order valence-electron chi connectivity index (χ3n) is 14.0. The summed E-state index contributed by atoms with van der Waals surface area (Å²) >= 11 is 3.71. The van der Waals surface area contributed by atoms with Crippen LogP contribution in [0.1, 0.15) is 0 Å². The van der Waals surface area contributed by atoms with Crippen molar-refractivity contribution >= 4 is 84.8 Å². The molecule has 5 heterocycles. The number of thiophene rings is 2. The van der Waals surface area contributed by atoms with Gasteiger partial charge in [-0.15, -0.1) is 22.7 Å². The zero-order valence-corrected chi connectivity index (χ0v) is 38.5. The molecule has 0 N–H and O–H groups in total. The van der Waals surface area contributed by atoms with Crippen LogP contribution in [0.2, 0.25) is 0 Å². The van der Waals surface area contributed by atoms with Crippen molar-refractivity contribution in [3.63, 3.8) is 0 Å². The van der Waals surface area contributed by atoms with Crippen LogP contribution in [0, 0.1) is 0 Å². The van der Waals surface area contributed by atoms with Gasteiger partial charge in [-0.1, -0.05) is 164 Å². The fourth-order valence-corrected chi connectivity index (χ4v) is 13.4. The zero-order valence-electron chi connectivity index (χ0n) is 36.9. The van der Waals surface area contributed by atoms with E-state index in [1.807, 2.05) is 40.9 Å². The van der Waals surface area contributed by atoms with Gasteiger partial charge in [-0.3, -0.25) is 0 Å². The maximum atomic E-state index is 5.49. The van der Waals surface area contributed by atoms with Gasteiger partial charge in [0.05, 0.1) is 16.7 Å². The summed E-state index contributed by atoms with van der Waals surface area (Å²) in [4.78, 5) is 16.2. The molecule has 0 bridgehead atoms. The number of hydrogen-bond donors (Lipinski definition) is 0.